The predicted octanol–water partition coefficient (Wildman–Crippen LogP) is 2.92. The minimum Gasteiger partial charge on any atom is -0.465 e. The van der Waals surface area contributed by atoms with Gasteiger partial charge in [0.05, 0.1) is 12.3 Å². The SMILES string of the molecule is CCOC(=O)C1(c2cc(I)ccn2)CC2CC2C1. The lowest BCUT2D eigenvalue weighted by Crippen LogP contribution is -2.37. The molecule has 0 amide bonds. The molecule has 0 saturated heterocycles. The van der Waals surface area contributed by atoms with Crippen molar-refractivity contribution in [2.75, 3.05) is 6.61 Å². The van der Waals surface area contributed by atoms with Gasteiger partial charge in [-0.25, -0.2) is 0 Å². The minimum absolute atomic E-state index is 0.0771. The molecule has 0 spiro atoms. The molecule has 96 valence electrons. The van der Waals surface area contributed by atoms with Crippen LogP contribution in [0.4, 0.5) is 0 Å². The Hall–Kier alpha value is -0.650. The molecule has 1 heterocycles. The summed E-state index contributed by atoms with van der Waals surface area (Å²) < 4.78 is 6.44. The Bertz CT molecular complexity index is 478. The second-order valence-corrected chi connectivity index (χ2v) is 6.57. The Kier molecular flexibility index (Phi) is 3.08. The second-order valence-electron chi connectivity index (χ2n) is 5.33. The van der Waals surface area contributed by atoms with E-state index in [2.05, 4.69) is 27.6 Å². The van der Waals surface area contributed by atoms with Gasteiger partial charge in [-0.05, 0) is 72.7 Å². The zero-order valence-electron chi connectivity index (χ0n) is 10.4. The number of esters is 1. The van der Waals surface area contributed by atoms with Crippen LogP contribution in [0.15, 0.2) is 18.3 Å². The fourth-order valence-corrected chi connectivity index (χ4v) is 3.66. The lowest BCUT2D eigenvalue weighted by atomic mass is 9.79. The molecular formula is C14H16INO2. The summed E-state index contributed by atoms with van der Waals surface area (Å²) in [4.78, 5) is 16.8. The van der Waals surface area contributed by atoms with Gasteiger partial charge in [0.15, 0.2) is 0 Å². The average Bonchev–Trinajstić information content (AvgIpc) is 2.97. The van der Waals surface area contributed by atoms with Gasteiger partial charge in [-0.15, -0.1) is 0 Å². The topological polar surface area (TPSA) is 39.2 Å². The Morgan fingerprint density at radius 1 is 1.56 bits per heavy atom. The summed E-state index contributed by atoms with van der Waals surface area (Å²) in [5.74, 6) is 1.36. The van der Waals surface area contributed by atoms with Crippen molar-refractivity contribution in [3.05, 3.63) is 27.6 Å². The van der Waals surface area contributed by atoms with Gasteiger partial charge in [0.1, 0.15) is 5.41 Å². The molecule has 3 rings (SSSR count). The molecule has 2 unspecified atom stereocenters. The molecule has 1 aromatic heterocycles. The smallest absolute Gasteiger partial charge is 0.318 e. The maximum Gasteiger partial charge on any atom is 0.318 e. The van der Waals surface area contributed by atoms with Crippen LogP contribution in [0.5, 0.6) is 0 Å². The standard InChI is InChI=1S/C14H16INO2/c1-2-18-13(17)14(7-9-5-10(9)8-14)12-6-11(15)3-4-16-12/h3-4,6,9-10H,2,5,7-8H2,1H3. The fraction of sp³-hybridized carbons (Fsp3) is 0.571. The summed E-state index contributed by atoms with van der Waals surface area (Å²) in [5, 5.41) is 0. The maximum atomic E-state index is 12.4. The highest BCUT2D eigenvalue weighted by Gasteiger charge is 2.59. The van der Waals surface area contributed by atoms with Crippen LogP contribution in [0, 0.1) is 15.4 Å². The molecule has 2 atom stereocenters. The van der Waals surface area contributed by atoms with E-state index in [1.807, 2.05) is 19.1 Å². The van der Waals surface area contributed by atoms with Crippen LogP contribution < -0.4 is 0 Å². The van der Waals surface area contributed by atoms with Crippen molar-refractivity contribution in [1.82, 2.24) is 4.98 Å². The molecule has 0 N–H and O–H groups in total. The number of hydrogen-bond donors (Lipinski definition) is 0. The molecule has 1 aromatic rings. The Balaban J connectivity index is 1.97. The zero-order chi connectivity index (χ0) is 12.8. The molecular weight excluding hydrogens is 341 g/mol. The highest BCUT2D eigenvalue weighted by molar-refractivity contribution is 14.1. The first-order chi connectivity index (χ1) is 8.65. The molecule has 3 nitrogen and oxygen atoms in total. The van der Waals surface area contributed by atoms with E-state index in [4.69, 9.17) is 4.74 Å². The van der Waals surface area contributed by atoms with Crippen molar-refractivity contribution in [1.29, 1.82) is 0 Å². The van der Waals surface area contributed by atoms with Gasteiger partial charge >= 0.3 is 5.97 Å². The molecule has 0 aliphatic heterocycles. The molecule has 4 heteroatoms. The normalized spacial score (nSPS) is 33.0. The summed E-state index contributed by atoms with van der Waals surface area (Å²) in [7, 11) is 0. The molecule has 18 heavy (non-hydrogen) atoms. The molecule has 2 fully saturated rings. The van der Waals surface area contributed by atoms with Gasteiger partial charge in [0.2, 0.25) is 0 Å². The van der Waals surface area contributed by atoms with E-state index in [1.54, 1.807) is 6.20 Å². The fourth-order valence-electron chi connectivity index (χ4n) is 3.20. The number of carbonyl (C=O) groups excluding carboxylic acids is 1. The van der Waals surface area contributed by atoms with Crippen molar-refractivity contribution < 1.29 is 9.53 Å². The number of rotatable bonds is 3. The maximum absolute atomic E-state index is 12.4. The van der Waals surface area contributed by atoms with E-state index in [0.717, 1.165) is 22.1 Å². The number of ether oxygens (including phenoxy) is 1. The van der Waals surface area contributed by atoms with Gasteiger partial charge in [-0.3, -0.25) is 9.78 Å². The van der Waals surface area contributed by atoms with Crippen molar-refractivity contribution in [3.8, 4) is 0 Å². The minimum atomic E-state index is -0.467. The number of pyridine rings is 1. The van der Waals surface area contributed by atoms with Crippen LogP contribution in [0.2, 0.25) is 0 Å². The third-order valence-electron chi connectivity index (χ3n) is 4.17. The van der Waals surface area contributed by atoms with Crippen molar-refractivity contribution in [2.45, 2.75) is 31.6 Å². The Morgan fingerprint density at radius 2 is 2.28 bits per heavy atom. The summed E-state index contributed by atoms with van der Waals surface area (Å²) in [6.07, 6.45) is 4.92. The number of fused-ring (bicyclic) bond motifs is 1. The lowest BCUT2D eigenvalue weighted by molar-refractivity contribution is -0.150. The van der Waals surface area contributed by atoms with E-state index < -0.39 is 5.41 Å². The van der Waals surface area contributed by atoms with Crippen LogP contribution in [0.3, 0.4) is 0 Å². The van der Waals surface area contributed by atoms with Crippen LogP contribution >= 0.6 is 22.6 Å². The Morgan fingerprint density at radius 3 is 2.89 bits per heavy atom. The third kappa shape index (κ3) is 1.94. The average molecular weight is 357 g/mol. The van der Waals surface area contributed by atoms with Crippen molar-refractivity contribution >= 4 is 28.6 Å². The summed E-state index contributed by atoms with van der Waals surface area (Å²) >= 11 is 2.27. The molecule has 2 saturated carbocycles. The van der Waals surface area contributed by atoms with Crippen molar-refractivity contribution in [2.24, 2.45) is 11.8 Å². The molecule has 0 aromatic carbocycles. The molecule has 2 aliphatic carbocycles. The largest absolute Gasteiger partial charge is 0.465 e. The summed E-state index contributed by atoms with van der Waals surface area (Å²) in [5.41, 5.74) is 0.435. The van der Waals surface area contributed by atoms with Crippen LogP contribution in [-0.2, 0) is 14.9 Å². The van der Waals surface area contributed by atoms with Gasteiger partial charge < -0.3 is 4.74 Å². The molecule has 0 radical (unpaired) electrons. The van der Waals surface area contributed by atoms with Gasteiger partial charge in [-0.2, -0.15) is 0 Å². The molecule has 2 aliphatic rings. The summed E-state index contributed by atoms with van der Waals surface area (Å²) in [6.45, 7) is 2.31. The highest BCUT2D eigenvalue weighted by Crippen LogP contribution is 2.60. The Labute approximate surface area is 120 Å². The number of nitrogens with zero attached hydrogens (tertiary/aromatic N) is 1. The number of carbonyl (C=O) groups is 1. The van der Waals surface area contributed by atoms with E-state index in [-0.39, 0.29) is 5.97 Å². The van der Waals surface area contributed by atoms with Crippen LogP contribution in [0.1, 0.15) is 31.9 Å². The lowest BCUT2D eigenvalue weighted by Gasteiger charge is -2.27. The second kappa shape index (κ2) is 4.47. The first-order valence-electron chi connectivity index (χ1n) is 6.45. The zero-order valence-corrected chi connectivity index (χ0v) is 12.5. The number of halogens is 1. The molecule has 0 bridgehead atoms. The first-order valence-corrected chi connectivity index (χ1v) is 7.53. The van der Waals surface area contributed by atoms with Gasteiger partial charge in [0.25, 0.3) is 0 Å². The van der Waals surface area contributed by atoms with E-state index in [1.165, 1.54) is 6.42 Å². The first kappa shape index (κ1) is 12.4. The predicted molar refractivity (Wildman–Crippen MR) is 76.1 cm³/mol. The third-order valence-corrected chi connectivity index (χ3v) is 4.84. The van der Waals surface area contributed by atoms with Crippen LogP contribution in [0.25, 0.3) is 0 Å². The van der Waals surface area contributed by atoms with E-state index >= 15 is 0 Å². The number of aromatic nitrogens is 1. The van der Waals surface area contributed by atoms with Gasteiger partial charge in [0, 0.05) is 9.77 Å². The van der Waals surface area contributed by atoms with Gasteiger partial charge in [-0.1, -0.05) is 0 Å². The quantitative estimate of drug-likeness (QED) is 0.617. The van der Waals surface area contributed by atoms with Crippen molar-refractivity contribution in [3.63, 3.8) is 0 Å². The summed E-state index contributed by atoms with van der Waals surface area (Å²) in [6, 6.07) is 3.99. The van der Waals surface area contributed by atoms with E-state index in [9.17, 15) is 4.79 Å². The van der Waals surface area contributed by atoms with E-state index in [0.29, 0.717) is 18.4 Å². The number of hydrogen-bond acceptors (Lipinski definition) is 3. The highest BCUT2D eigenvalue weighted by atomic mass is 127. The monoisotopic (exact) mass is 357 g/mol. The van der Waals surface area contributed by atoms with Crippen LogP contribution in [-0.4, -0.2) is 17.6 Å².